The molecule has 5 nitrogen and oxygen atoms in total. The predicted molar refractivity (Wildman–Crippen MR) is 88.5 cm³/mol. The third-order valence-electron chi connectivity index (χ3n) is 3.79. The molecule has 0 bridgehead atoms. The molecule has 1 saturated heterocycles. The summed E-state index contributed by atoms with van der Waals surface area (Å²) in [5, 5.41) is 9.48. The maximum absolute atomic E-state index is 12.4. The molecule has 1 aliphatic heterocycles. The zero-order valence-corrected chi connectivity index (χ0v) is 14.5. The number of piperazine rings is 1. The SMILES string of the molecule is O=S(=O)(CCN1CCN(CCO)CC1)c1cc(Cl)ccc1Cl. The minimum atomic E-state index is -3.45. The molecule has 0 atom stereocenters. The van der Waals surface area contributed by atoms with E-state index in [1.807, 2.05) is 0 Å². The van der Waals surface area contributed by atoms with Crippen molar-refractivity contribution in [1.82, 2.24) is 9.80 Å². The molecule has 2 rings (SSSR count). The minimum Gasteiger partial charge on any atom is -0.395 e. The lowest BCUT2D eigenvalue weighted by atomic mass is 10.3. The third-order valence-corrected chi connectivity index (χ3v) is 6.19. The highest BCUT2D eigenvalue weighted by Gasteiger charge is 2.22. The highest BCUT2D eigenvalue weighted by molar-refractivity contribution is 7.91. The van der Waals surface area contributed by atoms with E-state index in [9.17, 15) is 8.42 Å². The smallest absolute Gasteiger partial charge is 0.181 e. The summed E-state index contributed by atoms with van der Waals surface area (Å²) < 4.78 is 24.8. The van der Waals surface area contributed by atoms with Crippen molar-refractivity contribution in [3.8, 4) is 0 Å². The highest BCUT2D eigenvalue weighted by atomic mass is 35.5. The number of benzene rings is 1. The molecule has 1 aromatic carbocycles. The lowest BCUT2D eigenvalue weighted by Crippen LogP contribution is -2.48. The van der Waals surface area contributed by atoms with E-state index in [4.69, 9.17) is 28.3 Å². The van der Waals surface area contributed by atoms with Gasteiger partial charge in [-0.15, -0.1) is 0 Å². The third kappa shape index (κ3) is 4.81. The first-order chi connectivity index (χ1) is 10.4. The molecule has 1 N–H and O–H groups in total. The summed E-state index contributed by atoms with van der Waals surface area (Å²) in [5.74, 6) is 0.0209. The monoisotopic (exact) mass is 366 g/mol. The molecular formula is C14H20Cl2N2O3S. The van der Waals surface area contributed by atoms with Gasteiger partial charge < -0.3 is 5.11 Å². The van der Waals surface area contributed by atoms with Crippen molar-refractivity contribution in [2.24, 2.45) is 0 Å². The summed E-state index contributed by atoms with van der Waals surface area (Å²) in [6, 6.07) is 4.48. The molecule has 0 aliphatic carbocycles. The normalized spacial score (nSPS) is 17.8. The average Bonchev–Trinajstić information content (AvgIpc) is 2.49. The van der Waals surface area contributed by atoms with E-state index in [2.05, 4.69) is 9.80 Å². The van der Waals surface area contributed by atoms with Crippen molar-refractivity contribution in [3.63, 3.8) is 0 Å². The Morgan fingerprint density at radius 2 is 1.64 bits per heavy atom. The zero-order valence-electron chi connectivity index (χ0n) is 12.2. The fourth-order valence-electron chi connectivity index (χ4n) is 2.45. The van der Waals surface area contributed by atoms with E-state index < -0.39 is 9.84 Å². The van der Waals surface area contributed by atoms with Crippen molar-refractivity contribution in [2.75, 3.05) is 51.6 Å². The number of rotatable bonds is 6. The zero-order chi connectivity index (χ0) is 16.2. The van der Waals surface area contributed by atoms with Gasteiger partial charge in [-0.25, -0.2) is 8.42 Å². The van der Waals surface area contributed by atoms with Crippen LogP contribution in [0.5, 0.6) is 0 Å². The summed E-state index contributed by atoms with van der Waals surface area (Å²) in [4.78, 5) is 4.38. The standard InChI is InChI=1S/C14H20Cl2N2O3S/c15-12-1-2-13(16)14(11-12)22(20,21)10-8-18-5-3-17(4-6-18)7-9-19/h1-2,11,19H,3-10H2. The van der Waals surface area contributed by atoms with Gasteiger partial charge in [0, 0.05) is 44.3 Å². The van der Waals surface area contributed by atoms with Crippen LogP contribution in [0, 0.1) is 0 Å². The Hall–Kier alpha value is -0.370. The number of β-amino-alcohol motifs (C(OH)–C–C–N with tert-alkyl or cyclic N) is 1. The molecule has 22 heavy (non-hydrogen) atoms. The summed E-state index contributed by atoms with van der Waals surface area (Å²) in [5.41, 5.74) is 0. The summed E-state index contributed by atoms with van der Waals surface area (Å²) in [7, 11) is -3.45. The Morgan fingerprint density at radius 1 is 1.05 bits per heavy atom. The maximum atomic E-state index is 12.4. The fourth-order valence-corrected chi connectivity index (χ4v) is 4.55. The topological polar surface area (TPSA) is 60.9 Å². The van der Waals surface area contributed by atoms with Crippen molar-refractivity contribution < 1.29 is 13.5 Å². The number of halogens is 2. The Balaban J connectivity index is 1.92. The van der Waals surface area contributed by atoms with Gasteiger partial charge in [-0.05, 0) is 18.2 Å². The van der Waals surface area contributed by atoms with Crippen LogP contribution in [-0.4, -0.2) is 75.0 Å². The number of sulfone groups is 1. The van der Waals surface area contributed by atoms with Crippen molar-refractivity contribution >= 4 is 33.0 Å². The Labute approximate surface area is 141 Å². The van der Waals surface area contributed by atoms with Crippen molar-refractivity contribution in [2.45, 2.75) is 4.90 Å². The molecule has 0 spiro atoms. The van der Waals surface area contributed by atoms with E-state index >= 15 is 0 Å². The molecule has 0 saturated carbocycles. The molecule has 0 aromatic heterocycles. The van der Waals surface area contributed by atoms with Crippen LogP contribution < -0.4 is 0 Å². The lowest BCUT2D eigenvalue weighted by Gasteiger charge is -2.34. The number of aliphatic hydroxyl groups excluding tert-OH is 1. The van der Waals surface area contributed by atoms with Gasteiger partial charge in [-0.3, -0.25) is 9.80 Å². The van der Waals surface area contributed by atoms with Gasteiger partial charge in [0.1, 0.15) is 0 Å². The highest BCUT2D eigenvalue weighted by Crippen LogP contribution is 2.26. The molecule has 0 amide bonds. The van der Waals surface area contributed by atoms with E-state index in [-0.39, 0.29) is 22.3 Å². The molecule has 1 fully saturated rings. The van der Waals surface area contributed by atoms with Gasteiger partial charge in [0.05, 0.1) is 22.3 Å². The van der Waals surface area contributed by atoms with Gasteiger partial charge in [-0.2, -0.15) is 0 Å². The lowest BCUT2D eigenvalue weighted by molar-refractivity contribution is 0.116. The van der Waals surface area contributed by atoms with E-state index in [0.29, 0.717) is 18.1 Å². The second kappa shape index (κ2) is 7.95. The Bertz CT molecular complexity index is 602. The second-order valence-corrected chi connectivity index (χ2v) is 8.22. The second-order valence-electron chi connectivity index (χ2n) is 5.30. The molecule has 124 valence electrons. The van der Waals surface area contributed by atoms with Crippen molar-refractivity contribution in [1.29, 1.82) is 0 Å². The van der Waals surface area contributed by atoms with Gasteiger partial charge in [0.15, 0.2) is 9.84 Å². The average molecular weight is 367 g/mol. The number of hydrogen-bond acceptors (Lipinski definition) is 5. The first-order valence-corrected chi connectivity index (χ1v) is 9.56. The van der Waals surface area contributed by atoms with E-state index in [1.165, 1.54) is 12.1 Å². The van der Waals surface area contributed by atoms with Crippen LogP contribution in [0.15, 0.2) is 23.1 Å². The molecule has 0 unspecified atom stereocenters. The Morgan fingerprint density at radius 3 is 2.23 bits per heavy atom. The van der Waals surface area contributed by atoms with Crippen molar-refractivity contribution in [3.05, 3.63) is 28.2 Å². The number of nitrogens with zero attached hydrogens (tertiary/aromatic N) is 2. The molecule has 0 radical (unpaired) electrons. The number of aliphatic hydroxyl groups is 1. The first-order valence-electron chi connectivity index (χ1n) is 7.16. The molecular weight excluding hydrogens is 347 g/mol. The molecule has 1 aromatic rings. The molecule has 8 heteroatoms. The van der Waals surface area contributed by atoms with Gasteiger partial charge >= 0.3 is 0 Å². The van der Waals surface area contributed by atoms with Crippen LogP contribution in [0.1, 0.15) is 0 Å². The number of hydrogen-bond donors (Lipinski definition) is 1. The van der Waals surface area contributed by atoms with Crippen LogP contribution in [0.2, 0.25) is 10.0 Å². The molecule has 1 aliphatic rings. The van der Waals surface area contributed by atoms with Crippen LogP contribution in [0.25, 0.3) is 0 Å². The summed E-state index contributed by atoms with van der Waals surface area (Å²) >= 11 is 11.8. The van der Waals surface area contributed by atoms with Gasteiger partial charge in [0.25, 0.3) is 0 Å². The van der Waals surface area contributed by atoms with Gasteiger partial charge in [0.2, 0.25) is 0 Å². The van der Waals surface area contributed by atoms with E-state index in [0.717, 1.165) is 26.2 Å². The quantitative estimate of drug-likeness (QED) is 0.823. The van der Waals surface area contributed by atoms with Crippen LogP contribution >= 0.6 is 23.2 Å². The van der Waals surface area contributed by atoms with Gasteiger partial charge in [-0.1, -0.05) is 23.2 Å². The van der Waals surface area contributed by atoms with Crippen LogP contribution in [0.3, 0.4) is 0 Å². The largest absolute Gasteiger partial charge is 0.395 e. The first kappa shape index (κ1) is 18.0. The summed E-state index contributed by atoms with van der Waals surface area (Å²) in [6.45, 7) is 4.60. The van der Waals surface area contributed by atoms with Crippen LogP contribution in [0.4, 0.5) is 0 Å². The molecule has 1 heterocycles. The Kier molecular flexibility index (Phi) is 6.49. The predicted octanol–water partition coefficient (Wildman–Crippen LogP) is 1.38. The maximum Gasteiger partial charge on any atom is 0.181 e. The van der Waals surface area contributed by atoms with E-state index in [1.54, 1.807) is 6.07 Å². The summed E-state index contributed by atoms with van der Waals surface area (Å²) in [6.07, 6.45) is 0. The van der Waals surface area contributed by atoms with Crippen LogP contribution in [-0.2, 0) is 9.84 Å². The minimum absolute atomic E-state index is 0.0209. The fraction of sp³-hybridized carbons (Fsp3) is 0.571.